The summed E-state index contributed by atoms with van der Waals surface area (Å²) in [5.41, 5.74) is 4.79. The minimum atomic E-state index is -0.811. The van der Waals surface area contributed by atoms with Crippen molar-refractivity contribution in [2.45, 2.75) is 31.3 Å². The van der Waals surface area contributed by atoms with Gasteiger partial charge in [-0.25, -0.2) is 4.79 Å². The summed E-state index contributed by atoms with van der Waals surface area (Å²) in [5.74, 6) is -0.770. The van der Waals surface area contributed by atoms with Crippen molar-refractivity contribution >= 4 is 12.1 Å². The molecular formula is C23H25NO5. The molecule has 0 radical (unpaired) electrons. The van der Waals surface area contributed by atoms with E-state index in [1.165, 1.54) is 22.3 Å². The van der Waals surface area contributed by atoms with Crippen LogP contribution in [0.3, 0.4) is 0 Å². The van der Waals surface area contributed by atoms with Crippen LogP contribution in [0.2, 0.25) is 0 Å². The van der Waals surface area contributed by atoms with Crippen LogP contribution in [0.25, 0.3) is 11.1 Å². The summed E-state index contributed by atoms with van der Waals surface area (Å²) >= 11 is 0. The second-order valence-corrected chi connectivity index (χ2v) is 7.53. The number of benzene rings is 2. The first-order chi connectivity index (χ1) is 14.1. The number of fused-ring (bicyclic) bond motifs is 3. The Balaban J connectivity index is 1.37. The Morgan fingerprint density at radius 3 is 2.38 bits per heavy atom. The Morgan fingerprint density at radius 2 is 1.72 bits per heavy atom. The van der Waals surface area contributed by atoms with Gasteiger partial charge in [0.1, 0.15) is 6.61 Å². The van der Waals surface area contributed by atoms with Crippen LogP contribution < -0.4 is 0 Å². The lowest BCUT2D eigenvalue weighted by Gasteiger charge is -2.32. The van der Waals surface area contributed by atoms with E-state index < -0.39 is 5.97 Å². The van der Waals surface area contributed by atoms with Gasteiger partial charge >= 0.3 is 12.1 Å². The number of hydrogen-bond acceptors (Lipinski definition) is 4. The lowest BCUT2D eigenvalue weighted by atomic mass is 9.98. The van der Waals surface area contributed by atoms with Gasteiger partial charge in [-0.15, -0.1) is 0 Å². The minimum Gasteiger partial charge on any atom is -0.481 e. The molecule has 1 saturated heterocycles. The van der Waals surface area contributed by atoms with E-state index in [0.717, 1.165) is 0 Å². The van der Waals surface area contributed by atoms with Crippen LogP contribution in [0.5, 0.6) is 0 Å². The zero-order chi connectivity index (χ0) is 20.2. The largest absolute Gasteiger partial charge is 0.481 e. The summed E-state index contributed by atoms with van der Waals surface area (Å²) in [6.07, 6.45) is 0.810. The molecule has 152 valence electrons. The normalized spacial score (nSPS) is 18.2. The highest BCUT2D eigenvalue weighted by molar-refractivity contribution is 5.79. The van der Waals surface area contributed by atoms with Crippen molar-refractivity contribution in [1.82, 2.24) is 4.90 Å². The topological polar surface area (TPSA) is 76.1 Å². The smallest absolute Gasteiger partial charge is 0.409 e. The highest BCUT2D eigenvalue weighted by atomic mass is 16.6. The summed E-state index contributed by atoms with van der Waals surface area (Å²) in [6, 6.07) is 16.5. The molecule has 6 heteroatoms. The van der Waals surface area contributed by atoms with E-state index in [9.17, 15) is 9.59 Å². The molecule has 1 fully saturated rings. The first-order valence-electron chi connectivity index (χ1n) is 10.1. The Labute approximate surface area is 170 Å². The molecule has 2 aliphatic rings. The van der Waals surface area contributed by atoms with E-state index in [1.54, 1.807) is 4.90 Å². The van der Waals surface area contributed by atoms with E-state index >= 15 is 0 Å². The minimum absolute atomic E-state index is 0.0405. The molecule has 6 nitrogen and oxygen atoms in total. The van der Waals surface area contributed by atoms with E-state index in [1.807, 2.05) is 24.3 Å². The van der Waals surface area contributed by atoms with Gasteiger partial charge in [-0.2, -0.15) is 0 Å². The first kappa shape index (κ1) is 19.5. The molecule has 1 heterocycles. The van der Waals surface area contributed by atoms with Gasteiger partial charge in [0, 0.05) is 18.9 Å². The summed E-state index contributed by atoms with van der Waals surface area (Å²) in [7, 11) is 0. The number of carboxylic acid groups (broad SMARTS) is 1. The molecule has 2 aromatic carbocycles. The van der Waals surface area contributed by atoms with Gasteiger partial charge < -0.3 is 19.5 Å². The fourth-order valence-electron chi connectivity index (χ4n) is 4.23. The number of morpholine rings is 1. The standard InChI is InChI=1S/C23H25NO5/c25-22(26)11-5-6-16-14-24(12-13-28-16)23(27)29-15-21-19-9-3-1-7-17(19)18-8-2-4-10-20(18)21/h1-4,7-10,16,21H,5-6,11-15H2,(H,25,26). The highest BCUT2D eigenvalue weighted by Crippen LogP contribution is 2.44. The van der Waals surface area contributed by atoms with Crippen LogP contribution in [0.1, 0.15) is 36.3 Å². The Hall–Kier alpha value is -2.86. The van der Waals surface area contributed by atoms with Crippen molar-refractivity contribution < 1.29 is 24.2 Å². The summed E-state index contributed by atoms with van der Waals surface area (Å²) in [6.45, 7) is 1.68. The van der Waals surface area contributed by atoms with Gasteiger partial charge in [-0.3, -0.25) is 4.79 Å². The van der Waals surface area contributed by atoms with Crippen LogP contribution in [-0.4, -0.2) is 54.5 Å². The number of rotatable bonds is 6. The fraction of sp³-hybridized carbons (Fsp3) is 0.391. The van der Waals surface area contributed by atoms with Crippen molar-refractivity contribution in [2.75, 3.05) is 26.3 Å². The number of hydrogen-bond donors (Lipinski definition) is 1. The fourth-order valence-corrected chi connectivity index (χ4v) is 4.23. The van der Waals surface area contributed by atoms with Crippen molar-refractivity contribution in [3.05, 3.63) is 59.7 Å². The predicted molar refractivity (Wildman–Crippen MR) is 108 cm³/mol. The molecule has 1 aliphatic heterocycles. The first-order valence-corrected chi connectivity index (χ1v) is 10.1. The predicted octanol–water partition coefficient (Wildman–Crippen LogP) is 3.89. The third-order valence-corrected chi connectivity index (χ3v) is 5.65. The molecule has 1 atom stereocenters. The molecule has 0 aromatic heterocycles. The zero-order valence-electron chi connectivity index (χ0n) is 16.3. The maximum Gasteiger partial charge on any atom is 0.409 e. The number of aliphatic carboxylic acids is 1. The van der Waals surface area contributed by atoms with Gasteiger partial charge in [-0.05, 0) is 35.1 Å². The van der Waals surface area contributed by atoms with Crippen molar-refractivity contribution in [1.29, 1.82) is 0 Å². The van der Waals surface area contributed by atoms with E-state index in [4.69, 9.17) is 14.6 Å². The number of ether oxygens (including phenoxy) is 2. The lowest BCUT2D eigenvalue weighted by molar-refractivity contribution is -0.137. The van der Waals surface area contributed by atoms with E-state index in [-0.39, 0.29) is 24.5 Å². The average molecular weight is 395 g/mol. The molecule has 0 saturated carbocycles. The monoisotopic (exact) mass is 395 g/mol. The maximum absolute atomic E-state index is 12.7. The number of carboxylic acids is 1. The molecule has 29 heavy (non-hydrogen) atoms. The summed E-state index contributed by atoms with van der Waals surface area (Å²) in [5, 5.41) is 8.77. The Morgan fingerprint density at radius 1 is 1.07 bits per heavy atom. The molecule has 1 amide bonds. The van der Waals surface area contributed by atoms with Crippen LogP contribution in [-0.2, 0) is 14.3 Å². The molecule has 0 bridgehead atoms. The number of carbonyl (C=O) groups excluding carboxylic acids is 1. The average Bonchev–Trinajstić information content (AvgIpc) is 3.06. The molecule has 1 aliphatic carbocycles. The highest BCUT2D eigenvalue weighted by Gasteiger charge is 2.31. The second kappa shape index (κ2) is 8.66. The maximum atomic E-state index is 12.7. The number of amides is 1. The molecular weight excluding hydrogens is 370 g/mol. The number of carbonyl (C=O) groups is 2. The van der Waals surface area contributed by atoms with Crippen molar-refractivity contribution in [2.24, 2.45) is 0 Å². The van der Waals surface area contributed by atoms with Crippen molar-refractivity contribution in [3.63, 3.8) is 0 Å². The molecule has 4 rings (SSSR count). The third-order valence-electron chi connectivity index (χ3n) is 5.65. The van der Waals surface area contributed by atoms with Gasteiger partial charge in [0.2, 0.25) is 0 Å². The number of nitrogens with zero attached hydrogens (tertiary/aromatic N) is 1. The van der Waals surface area contributed by atoms with E-state index in [0.29, 0.717) is 39.1 Å². The quantitative estimate of drug-likeness (QED) is 0.803. The van der Waals surface area contributed by atoms with Crippen LogP contribution in [0, 0.1) is 0 Å². The lowest BCUT2D eigenvalue weighted by Crippen LogP contribution is -2.46. The van der Waals surface area contributed by atoms with Crippen molar-refractivity contribution in [3.8, 4) is 11.1 Å². The Kier molecular flexibility index (Phi) is 5.81. The van der Waals surface area contributed by atoms with Crippen LogP contribution in [0.4, 0.5) is 4.79 Å². The molecule has 1 N–H and O–H groups in total. The zero-order valence-corrected chi connectivity index (χ0v) is 16.3. The van der Waals surface area contributed by atoms with Gasteiger partial charge in [0.25, 0.3) is 0 Å². The van der Waals surface area contributed by atoms with Gasteiger partial charge in [0.15, 0.2) is 0 Å². The van der Waals surface area contributed by atoms with E-state index in [2.05, 4.69) is 24.3 Å². The summed E-state index contributed by atoms with van der Waals surface area (Å²) in [4.78, 5) is 25.0. The van der Waals surface area contributed by atoms with Crippen LogP contribution in [0.15, 0.2) is 48.5 Å². The van der Waals surface area contributed by atoms with Gasteiger partial charge in [-0.1, -0.05) is 48.5 Å². The molecule has 2 aromatic rings. The second-order valence-electron chi connectivity index (χ2n) is 7.53. The molecule has 0 spiro atoms. The Bertz CT molecular complexity index is 851. The summed E-state index contributed by atoms with van der Waals surface area (Å²) < 4.78 is 11.4. The van der Waals surface area contributed by atoms with Crippen LogP contribution >= 0.6 is 0 Å². The SMILES string of the molecule is O=C(O)CCCC1CN(C(=O)OCC2c3ccccc3-c3ccccc32)CCO1. The third kappa shape index (κ3) is 4.27. The molecule has 1 unspecified atom stereocenters. The van der Waals surface area contributed by atoms with Gasteiger partial charge in [0.05, 0.1) is 19.3 Å².